The van der Waals surface area contributed by atoms with E-state index in [1.807, 2.05) is 36.4 Å². The van der Waals surface area contributed by atoms with Crippen molar-refractivity contribution in [1.29, 1.82) is 0 Å². The van der Waals surface area contributed by atoms with E-state index in [1.165, 1.54) is 0 Å². The van der Waals surface area contributed by atoms with Crippen LogP contribution < -0.4 is 5.32 Å². The van der Waals surface area contributed by atoms with Crippen molar-refractivity contribution in [3.05, 3.63) is 53.1 Å². The molecule has 25 heavy (non-hydrogen) atoms. The van der Waals surface area contributed by atoms with Gasteiger partial charge in [-0.3, -0.25) is 9.19 Å². The van der Waals surface area contributed by atoms with E-state index in [-0.39, 0.29) is 0 Å². The Hall–Kier alpha value is -2.02. The van der Waals surface area contributed by atoms with E-state index >= 15 is 0 Å². The zero-order valence-electron chi connectivity index (χ0n) is 13.7. The SMILES string of the molecule is C[SH](C)(=O)c1ccc2nccc(Nc3ccc4scnc4c3Cl)c2c1. The molecule has 0 saturated heterocycles. The van der Waals surface area contributed by atoms with Crippen LogP contribution in [0.1, 0.15) is 0 Å². The van der Waals surface area contributed by atoms with Gasteiger partial charge in [-0.25, -0.2) is 4.98 Å². The molecule has 2 aromatic carbocycles. The molecular weight excluding hydrogens is 374 g/mol. The number of hydrogen-bond donors (Lipinski definition) is 2. The summed E-state index contributed by atoms with van der Waals surface area (Å²) in [5.41, 5.74) is 5.08. The fraction of sp³-hybridized carbons (Fsp3) is 0.111. The number of thiazole rings is 1. The van der Waals surface area contributed by atoms with Gasteiger partial charge in [0.1, 0.15) is 5.52 Å². The number of halogens is 1. The maximum Gasteiger partial charge on any atom is 0.102 e. The Morgan fingerprint density at radius 2 is 1.92 bits per heavy atom. The van der Waals surface area contributed by atoms with Crippen molar-refractivity contribution >= 4 is 65.4 Å². The fourth-order valence-corrected chi connectivity index (χ4v) is 4.59. The van der Waals surface area contributed by atoms with Crippen LogP contribution in [-0.2, 0) is 9.93 Å². The van der Waals surface area contributed by atoms with Gasteiger partial charge in [0.25, 0.3) is 0 Å². The zero-order valence-corrected chi connectivity index (χ0v) is 16.1. The van der Waals surface area contributed by atoms with Gasteiger partial charge in [0, 0.05) is 22.2 Å². The second-order valence-electron chi connectivity index (χ2n) is 6.16. The van der Waals surface area contributed by atoms with E-state index in [9.17, 15) is 4.21 Å². The van der Waals surface area contributed by atoms with Crippen LogP contribution in [0.4, 0.5) is 11.4 Å². The van der Waals surface area contributed by atoms with Gasteiger partial charge in [0.05, 0.1) is 26.4 Å². The number of rotatable bonds is 3. The van der Waals surface area contributed by atoms with Gasteiger partial charge in [-0.2, -0.15) is 0 Å². The van der Waals surface area contributed by atoms with Crippen molar-refractivity contribution < 1.29 is 4.21 Å². The Bertz CT molecular complexity index is 1150. The van der Waals surface area contributed by atoms with Gasteiger partial charge < -0.3 is 5.32 Å². The quantitative estimate of drug-likeness (QED) is 0.490. The molecule has 0 aliphatic heterocycles. The lowest BCUT2D eigenvalue weighted by Gasteiger charge is -2.15. The van der Waals surface area contributed by atoms with Crippen LogP contribution >= 0.6 is 22.9 Å². The second-order valence-corrected chi connectivity index (χ2v) is 10.6. The minimum absolute atomic E-state index is 0.594. The van der Waals surface area contributed by atoms with Gasteiger partial charge in [-0.1, -0.05) is 21.5 Å². The monoisotopic (exact) mass is 389 g/mol. The summed E-state index contributed by atoms with van der Waals surface area (Å²) in [6, 6.07) is 11.6. The van der Waals surface area contributed by atoms with E-state index in [2.05, 4.69) is 15.3 Å². The molecule has 0 unspecified atom stereocenters. The van der Waals surface area contributed by atoms with Crippen molar-refractivity contribution in [3.8, 4) is 0 Å². The second kappa shape index (κ2) is 6.05. The first-order chi connectivity index (χ1) is 11.9. The average molecular weight is 390 g/mol. The summed E-state index contributed by atoms with van der Waals surface area (Å²) in [6.45, 7) is 0. The van der Waals surface area contributed by atoms with Crippen molar-refractivity contribution in [3.63, 3.8) is 0 Å². The molecule has 4 nitrogen and oxygen atoms in total. The molecule has 1 N–H and O–H groups in total. The first kappa shape index (κ1) is 16.4. The van der Waals surface area contributed by atoms with E-state index in [0.29, 0.717) is 5.02 Å². The molecule has 0 atom stereocenters. The first-order valence-corrected chi connectivity index (χ1v) is 11.5. The molecule has 2 aromatic heterocycles. The number of nitrogens with one attached hydrogen (secondary N) is 1. The Morgan fingerprint density at radius 3 is 2.72 bits per heavy atom. The number of fused-ring (bicyclic) bond motifs is 2. The van der Waals surface area contributed by atoms with Crippen molar-refractivity contribution in [2.45, 2.75) is 4.90 Å². The summed E-state index contributed by atoms with van der Waals surface area (Å²) < 4.78 is 13.5. The summed E-state index contributed by atoms with van der Waals surface area (Å²) >= 11 is 8.07. The highest BCUT2D eigenvalue weighted by atomic mass is 35.5. The lowest BCUT2D eigenvalue weighted by Crippen LogP contribution is -2.06. The minimum atomic E-state index is -2.35. The molecule has 0 fully saturated rings. The molecule has 0 spiro atoms. The molecule has 0 aliphatic rings. The molecule has 7 heteroatoms. The van der Waals surface area contributed by atoms with E-state index in [0.717, 1.165) is 37.4 Å². The maximum absolute atomic E-state index is 12.4. The third kappa shape index (κ3) is 3.01. The smallest absolute Gasteiger partial charge is 0.102 e. The van der Waals surface area contributed by atoms with Crippen LogP contribution in [0.15, 0.2) is 53.0 Å². The van der Waals surface area contributed by atoms with Crippen LogP contribution in [0, 0.1) is 0 Å². The van der Waals surface area contributed by atoms with E-state index in [1.54, 1.807) is 35.6 Å². The third-order valence-electron chi connectivity index (χ3n) is 4.06. The van der Waals surface area contributed by atoms with Crippen LogP contribution in [0.5, 0.6) is 0 Å². The number of anilines is 2. The Morgan fingerprint density at radius 1 is 1.08 bits per heavy atom. The number of thiol groups is 1. The van der Waals surface area contributed by atoms with Gasteiger partial charge in [-0.05, 0) is 48.9 Å². The summed E-state index contributed by atoms with van der Waals surface area (Å²) in [5, 5.41) is 4.89. The molecule has 0 saturated carbocycles. The van der Waals surface area contributed by atoms with Crippen LogP contribution in [0.2, 0.25) is 5.02 Å². The maximum atomic E-state index is 12.4. The normalized spacial score (nSPS) is 12.6. The van der Waals surface area contributed by atoms with Gasteiger partial charge >= 0.3 is 0 Å². The van der Waals surface area contributed by atoms with Crippen molar-refractivity contribution in [2.24, 2.45) is 0 Å². The highest BCUT2D eigenvalue weighted by Crippen LogP contribution is 2.35. The largest absolute Gasteiger partial charge is 0.354 e. The lowest BCUT2D eigenvalue weighted by molar-refractivity contribution is 0.678. The van der Waals surface area contributed by atoms with E-state index < -0.39 is 9.93 Å². The number of aromatic nitrogens is 2. The molecule has 4 rings (SSSR count). The number of benzene rings is 2. The molecule has 0 radical (unpaired) electrons. The average Bonchev–Trinajstić information content (AvgIpc) is 3.06. The summed E-state index contributed by atoms with van der Waals surface area (Å²) in [6.07, 6.45) is 5.28. The summed E-state index contributed by atoms with van der Waals surface area (Å²) in [4.78, 5) is 9.55. The summed E-state index contributed by atoms with van der Waals surface area (Å²) in [7, 11) is -2.35. The molecule has 0 aliphatic carbocycles. The van der Waals surface area contributed by atoms with Crippen molar-refractivity contribution in [1.82, 2.24) is 9.97 Å². The minimum Gasteiger partial charge on any atom is -0.354 e. The number of pyridine rings is 1. The zero-order chi connectivity index (χ0) is 17.6. The van der Waals surface area contributed by atoms with Gasteiger partial charge in [0.15, 0.2) is 0 Å². The Kier molecular flexibility index (Phi) is 3.98. The highest BCUT2D eigenvalue weighted by molar-refractivity contribution is 8.01. The van der Waals surface area contributed by atoms with Crippen molar-refractivity contribution in [2.75, 3.05) is 17.8 Å². The number of nitrogens with zero attached hydrogens (tertiary/aromatic N) is 2. The first-order valence-electron chi connectivity index (χ1n) is 7.66. The summed E-state index contributed by atoms with van der Waals surface area (Å²) in [5.74, 6) is 0. The van der Waals surface area contributed by atoms with Crippen LogP contribution in [0.25, 0.3) is 21.1 Å². The Labute approximate surface area is 155 Å². The number of hydrogen-bond acceptors (Lipinski definition) is 5. The van der Waals surface area contributed by atoms with Gasteiger partial charge in [0.2, 0.25) is 0 Å². The fourth-order valence-electron chi connectivity index (χ4n) is 2.72. The highest BCUT2D eigenvalue weighted by Gasteiger charge is 2.12. The topological polar surface area (TPSA) is 54.9 Å². The molecule has 0 amide bonds. The third-order valence-corrected chi connectivity index (χ3v) is 6.76. The standard InChI is InChI=1S/C18H16ClN3OS2/c1-25(2,23)11-3-4-13-12(9-11)14(7-8-20-13)22-15-5-6-16-18(17(15)19)21-10-24-16/h3-10,25H,1-2H3,(H,20,22). The van der Waals surface area contributed by atoms with E-state index in [4.69, 9.17) is 11.6 Å². The lowest BCUT2D eigenvalue weighted by atomic mass is 10.2. The predicted octanol–water partition coefficient (Wildman–Crippen LogP) is 4.88. The van der Waals surface area contributed by atoms with Crippen LogP contribution in [-0.4, -0.2) is 26.7 Å². The molecule has 128 valence electrons. The molecule has 4 aromatic rings. The van der Waals surface area contributed by atoms with Gasteiger partial charge in [-0.15, -0.1) is 11.3 Å². The molecule has 0 bridgehead atoms. The molecular formula is C18H16ClN3OS2. The van der Waals surface area contributed by atoms with Crippen LogP contribution in [0.3, 0.4) is 0 Å². The predicted molar refractivity (Wildman–Crippen MR) is 109 cm³/mol. The molecule has 2 heterocycles. The Balaban J connectivity index is 1.85.